The average Bonchev–Trinajstić information content (AvgIpc) is 2.72. The van der Waals surface area contributed by atoms with Gasteiger partial charge in [-0.1, -0.05) is 29.3 Å². The fourth-order valence-corrected chi connectivity index (χ4v) is 3.14. The SMILES string of the molecule is COc1c(Cl)ccc(-c2c(COC(=O)c3ccccn3)cc(Cl)c(N)c2F)c1F. The van der Waals surface area contributed by atoms with Gasteiger partial charge in [-0.3, -0.25) is 0 Å². The normalized spacial score (nSPS) is 10.7. The van der Waals surface area contributed by atoms with Crippen LogP contribution in [0.15, 0.2) is 42.6 Å². The number of methoxy groups -OCH3 is 1. The van der Waals surface area contributed by atoms with Crippen LogP contribution in [-0.2, 0) is 11.3 Å². The zero-order valence-corrected chi connectivity index (χ0v) is 16.5. The van der Waals surface area contributed by atoms with E-state index in [9.17, 15) is 13.6 Å². The molecule has 1 heterocycles. The maximum atomic E-state index is 15.0. The summed E-state index contributed by atoms with van der Waals surface area (Å²) in [6.45, 7) is -0.397. The lowest BCUT2D eigenvalue weighted by Crippen LogP contribution is -2.09. The number of anilines is 1. The summed E-state index contributed by atoms with van der Waals surface area (Å²) in [5.74, 6) is -2.84. The molecule has 0 spiro atoms. The number of carbonyl (C=O) groups excluding carboxylic acids is 1. The summed E-state index contributed by atoms with van der Waals surface area (Å²) in [6, 6.07) is 8.65. The number of hydrogen-bond acceptors (Lipinski definition) is 5. The topological polar surface area (TPSA) is 74.4 Å². The van der Waals surface area contributed by atoms with Gasteiger partial charge in [-0.15, -0.1) is 0 Å². The molecule has 9 heteroatoms. The number of nitrogens with two attached hydrogens (primary N) is 1. The Bertz CT molecular complexity index is 1080. The van der Waals surface area contributed by atoms with Gasteiger partial charge in [0.15, 0.2) is 17.4 Å². The van der Waals surface area contributed by atoms with Crippen molar-refractivity contribution in [1.29, 1.82) is 0 Å². The molecule has 3 rings (SSSR count). The largest absolute Gasteiger partial charge is 0.492 e. The van der Waals surface area contributed by atoms with Gasteiger partial charge in [0, 0.05) is 22.9 Å². The van der Waals surface area contributed by atoms with Crippen LogP contribution in [0.25, 0.3) is 11.1 Å². The smallest absolute Gasteiger partial charge is 0.357 e. The third-order valence-electron chi connectivity index (χ3n) is 4.09. The van der Waals surface area contributed by atoms with Gasteiger partial charge in [-0.2, -0.15) is 0 Å². The highest BCUT2D eigenvalue weighted by Crippen LogP contribution is 2.40. The molecule has 3 aromatic rings. The molecule has 0 aliphatic carbocycles. The number of carbonyl (C=O) groups is 1. The minimum Gasteiger partial charge on any atom is -0.492 e. The van der Waals surface area contributed by atoms with Crippen molar-refractivity contribution in [2.75, 3.05) is 12.8 Å². The number of nitrogens with zero attached hydrogens (tertiary/aromatic N) is 1. The number of hydrogen-bond donors (Lipinski definition) is 1. The molecule has 0 unspecified atom stereocenters. The lowest BCUT2D eigenvalue weighted by atomic mass is 9.97. The highest BCUT2D eigenvalue weighted by molar-refractivity contribution is 6.33. The standard InChI is InChI=1S/C20H14Cl2F2N2O3/c1-28-19-12(21)6-5-11(16(19)23)15-10(8-13(22)18(25)17(15)24)9-29-20(27)14-4-2-3-7-26-14/h2-8H,9,25H2,1H3. The molecule has 0 fully saturated rings. The molecule has 2 N–H and O–H groups in total. The first-order chi connectivity index (χ1) is 13.8. The summed E-state index contributed by atoms with van der Waals surface area (Å²) in [6.07, 6.45) is 1.43. The molecular weight excluding hydrogens is 425 g/mol. The van der Waals surface area contributed by atoms with Gasteiger partial charge < -0.3 is 15.2 Å². The van der Waals surface area contributed by atoms with Crippen LogP contribution in [0.1, 0.15) is 16.1 Å². The maximum Gasteiger partial charge on any atom is 0.357 e. The summed E-state index contributed by atoms with van der Waals surface area (Å²) in [5.41, 5.74) is 5.10. The zero-order chi connectivity index (χ0) is 21.1. The number of pyridine rings is 1. The summed E-state index contributed by atoms with van der Waals surface area (Å²) >= 11 is 11.9. The number of ether oxygens (including phenoxy) is 2. The van der Waals surface area contributed by atoms with E-state index in [0.717, 1.165) is 0 Å². The van der Waals surface area contributed by atoms with Crippen LogP contribution in [0, 0.1) is 11.6 Å². The molecule has 0 saturated carbocycles. The molecule has 0 amide bonds. The van der Waals surface area contributed by atoms with E-state index < -0.39 is 24.2 Å². The first-order valence-electron chi connectivity index (χ1n) is 8.22. The second-order valence-electron chi connectivity index (χ2n) is 5.85. The Morgan fingerprint density at radius 2 is 1.90 bits per heavy atom. The second kappa shape index (κ2) is 8.63. The third-order valence-corrected chi connectivity index (χ3v) is 4.70. The van der Waals surface area contributed by atoms with Crippen LogP contribution < -0.4 is 10.5 Å². The fraction of sp³-hybridized carbons (Fsp3) is 0.100. The van der Waals surface area contributed by atoms with Crippen LogP contribution in [0.3, 0.4) is 0 Å². The number of rotatable bonds is 5. The van der Waals surface area contributed by atoms with Crippen molar-refractivity contribution in [2.45, 2.75) is 6.61 Å². The minimum atomic E-state index is -0.954. The van der Waals surface area contributed by atoms with Gasteiger partial charge in [0.25, 0.3) is 0 Å². The number of halogens is 4. The van der Waals surface area contributed by atoms with Crippen LogP contribution in [0.2, 0.25) is 10.0 Å². The Balaban J connectivity index is 2.06. The van der Waals surface area contributed by atoms with Gasteiger partial charge in [0.05, 0.1) is 22.8 Å². The van der Waals surface area contributed by atoms with E-state index in [1.54, 1.807) is 12.1 Å². The molecule has 150 valence electrons. The van der Waals surface area contributed by atoms with E-state index in [4.69, 9.17) is 38.4 Å². The zero-order valence-electron chi connectivity index (χ0n) is 15.0. The molecule has 29 heavy (non-hydrogen) atoms. The lowest BCUT2D eigenvalue weighted by Gasteiger charge is -2.16. The first-order valence-corrected chi connectivity index (χ1v) is 8.97. The highest BCUT2D eigenvalue weighted by atomic mass is 35.5. The number of nitrogen functional groups attached to an aromatic ring is 1. The summed E-state index contributed by atoms with van der Waals surface area (Å²) in [7, 11) is 1.23. The van der Waals surface area contributed by atoms with Gasteiger partial charge in [0.2, 0.25) is 0 Å². The minimum absolute atomic E-state index is 0.0132. The average molecular weight is 439 g/mol. The Hall–Kier alpha value is -2.90. The quantitative estimate of drug-likeness (QED) is 0.433. The van der Waals surface area contributed by atoms with Gasteiger partial charge in [-0.05, 0) is 30.3 Å². The highest BCUT2D eigenvalue weighted by Gasteiger charge is 2.24. The van der Waals surface area contributed by atoms with Crippen molar-refractivity contribution >= 4 is 34.9 Å². The lowest BCUT2D eigenvalue weighted by molar-refractivity contribution is 0.0466. The van der Waals surface area contributed by atoms with E-state index >= 15 is 0 Å². The molecule has 0 radical (unpaired) electrons. The summed E-state index contributed by atoms with van der Waals surface area (Å²) in [5, 5.41) is -0.0873. The number of benzene rings is 2. The van der Waals surface area contributed by atoms with Crippen molar-refractivity contribution in [2.24, 2.45) is 0 Å². The molecule has 0 aliphatic rings. The molecule has 5 nitrogen and oxygen atoms in total. The molecular formula is C20H14Cl2F2N2O3. The maximum absolute atomic E-state index is 15.0. The van der Waals surface area contributed by atoms with Crippen LogP contribution in [-0.4, -0.2) is 18.1 Å². The third kappa shape index (κ3) is 4.11. The van der Waals surface area contributed by atoms with E-state index in [2.05, 4.69) is 4.98 Å². The Labute approximate surface area is 175 Å². The molecule has 2 aromatic carbocycles. The van der Waals surface area contributed by atoms with Crippen LogP contribution >= 0.6 is 23.2 Å². The van der Waals surface area contributed by atoms with Gasteiger partial charge in [0.1, 0.15) is 12.3 Å². The predicted octanol–water partition coefficient (Wildman–Crippen LogP) is 5.28. The molecule has 0 bridgehead atoms. The van der Waals surface area contributed by atoms with Gasteiger partial charge >= 0.3 is 5.97 Å². The second-order valence-corrected chi connectivity index (χ2v) is 6.67. The van der Waals surface area contributed by atoms with Crippen LogP contribution in [0.4, 0.5) is 14.5 Å². The van der Waals surface area contributed by atoms with E-state index in [1.807, 2.05) is 0 Å². The first kappa shape index (κ1) is 20.8. The van der Waals surface area contributed by atoms with Crippen molar-refractivity contribution in [3.63, 3.8) is 0 Å². The Morgan fingerprint density at radius 1 is 1.14 bits per heavy atom. The molecule has 0 atom stereocenters. The molecule has 0 aliphatic heterocycles. The molecule has 1 aromatic heterocycles. The van der Waals surface area contributed by atoms with Crippen molar-refractivity contribution in [1.82, 2.24) is 4.98 Å². The Morgan fingerprint density at radius 3 is 2.55 bits per heavy atom. The van der Waals surface area contributed by atoms with Crippen molar-refractivity contribution < 1.29 is 23.0 Å². The van der Waals surface area contributed by atoms with Crippen molar-refractivity contribution in [3.05, 3.63) is 75.5 Å². The monoisotopic (exact) mass is 438 g/mol. The fourth-order valence-electron chi connectivity index (χ4n) is 2.70. The number of aromatic nitrogens is 1. The predicted molar refractivity (Wildman–Crippen MR) is 106 cm³/mol. The number of esters is 1. The summed E-state index contributed by atoms with van der Waals surface area (Å²) in [4.78, 5) is 16.0. The van der Waals surface area contributed by atoms with E-state index in [0.29, 0.717) is 0 Å². The van der Waals surface area contributed by atoms with Crippen molar-refractivity contribution in [3.8, 4) is 16.9 Å². The van der Waals surface area contributed by atoms with E-state index in [1.165, 1.54) is 37.6 Å². The van der Waals surface area contributed by atoms with Gasteiger partial charge in [-0.25, -0.2) is 18.6 Å². The molecule has 0 saturated heterocycles. The van der Waals surface area contributed by atoms with Crippen LogP contribution in [0.5, 0.6) is 5.75 Å². The van der Waals surface area contributed by atoms with E-state index in [-0.39, 0.29) is 43.9 Å². The Kier molecular flexibility index (Phi) is 6.20. The summed E-state index contributed by atoms with van der Waals surface area (Å²) < 4.78 is 40.0.